The van der Waals surface area contributed by atoms with Gasteiger partial charge in [0.2, 0.25) is 5.36 Å². The summed E-state index contributed by atoms with van der Waals surface area (Å²) in [5.41, 5.74) is 2.64. The second kappa shape index (κ2) is 15.1. The van der Waals surface area contributed by atoms with Gasteiger partial charge in [-0.3, -0.25) is 13.9 Å². The molecule has 0 saturated carbocycles. The van der Waals surface area contributed by atoms with Crippen LogP contribution in [0.4, 0.5) is 5.69 Å². The van der Waals surface area contributed by atoms with Crippen LogP contribution in [0.3, 0.4) is 0 Å². The highest BCUT2D eigenvalue weighted by molar-refractivity contribution is 7.86. The van der Waals surface area contributed by atoms with Crippen LogP contribution >= 0.6 is 0 Å². The zero-order valence-electron chi connectivity index (χ0n) is 29.4. The maximum Gasteiger partial charge on any atom is 0.303 e. The predicted octanol–water partition coefficient (Wildman–Crippen LogP) is 6.11. The minimum atomic E-state index is -4.56. The van der Waals surface area contributed by atoms with Gasteiger partial charge in [0.1, 0.15) is 24.6 Å². The van der Waals surface area contributed by atoms with Gasteiger partial charge in [-0.1, -0.05) is 39.0 Å². The normalized spacial score (nSPS) is 17.8. The molecule has 0 aromatic heterocycles. The first-order valence-corrected chi connectivity index (χ1v) is 19.6. The van der Waals surface area contributed by atoms with Crippen molar-refractivity contribution in [2.75, 3.05) is 30.3 Å². The summed E-state index contributed by atoms with van der Waals surface area (Å²) in [6.45, 7) is 14.3. The molecule has 0 bridgehead atoms. The van der Waals surface area contributed by atoms with E-state index in [-0.39, 0.29) is 36.1 Å². The number of anilines is 1. The van der Waals surface area contributed by atoms with Crippen molar-refractivity contribution >= 4 is 38.0 Å². The lowest BCUT2D eigenvalue weighted by molar-refractivity contribution is -0.137. The average Bonchev–Trinajstić information content (AvgIpc) is 3.25. The number of hydrogen-bond acceptors (Lipinski definition) is 7. The second-order valence-corrected chi connectivity index (χ2v) is 16.6. The third-order valence-electron chi connectivity index (χ3n) is 9.07. The maximum atomic E-state index is 12.0. The predicted molar refractivity (Wildman–Crippen MR) is 195 cm³/mol. The Balaban J connectivity index is 1.78. The number of hydrogen-bond donors (Lipinski definition) is 3. The molecule has 11 nitrogen and oxygen atoms in total. The molecule has 50 heavy (non-hydrogen) atoms. The van der Waals surface area contributed by atoms with Gasteiger partial charge in [-0.15, -0.1) is 0 Å². The molecule has 1 aromatic carbocycles. The first kappa shape index (κ1) is 38.8. The monoisotopic (exact) mass is 727 g/mol. The molecule has 1 atom stereocenters. The van der Waals surface area contributed by atoms with E-state index in [9.17, 15) is 35.8 Å². The summed E-state index contributed by atoms with van der Waals surface area (Å²) in [4.78, 5) is 13.2. The van der Waals surface area contributed by atoms with Gasteiger partial charge in [0.05, 0.1) is 16.7 Å². The van der Waals surface area contributed by atoms with E-state index in [0.717, 1.165) is 35.3 Å². The minimum Gasteiger partial charge on any atom is -0.481 e. The summed E-state index contributed by atoms with van der Waals surface area (Å²) in [5, 5.41) is 10.6. The zero-order chi connectivity index (χ0) is 37.1. The molecular formula is C37H47N2O9S2+. The van der Waals surface area contributed by atoms with E-state index in [1.54, 1.807) is 30.1 Å². The van der Waals surface area contributed by atoms with Crippen LogP contribution in [0.5, 0.6) is 0 Å². The molecular weight excluding hydrogens is 681 g/mol. The molecule has 1 aromatic rings. The number of allylic oxidation sites excluding steroid dienone is 5. The highest BCUT2D eigenvalue weighted by Gasteiger charge is 2.44. The van der Waals surface area contributed by atoms with Gasteiger partial charge in [0.25, 0.3) is 20.2 Å². The molecule has 3 N–H and O–H groups in total. The van der Waals surface area contributed by atoms with Crippen molar-refractivity contribution < 1.29 is 40.3 Å². The van der Waals surface area contributed by atoms with Gasteiger partial charge < -0.3 is 14.4 Å². The van der Waals surface area contributed by atoms with Crippen LogP contribution in [-0.4, -0.2) is 62.4 Å². The first-order chi connectivity index (χ1) is 23.3. The fraction of sp³-hybridized carbons (Fsp3) is 0.405. The average molecular weight is 728 g/mol. The van der Waals surface area contributed by atoms with Gasteiger partial charge in [-0.25, -0.2) is 4.58 Å². The molecule has 3 aliphatic rings. The highest BCUT2D eigenvalue weighted by Crippen LogP contribution is 2.51. The fourth-order valence-electron chi connectivity index (χ4n) is 6.50. The number of carboxylic acid groups (broad SMARTS) is 1. The molecule has 0 spiro atoms. The number of benzene rings is 2. The molecule has 270 valence electrons. The van der Waals surface area contributed by atoms with E-state index in [1.807, 2.05) is 18.2 Å². The van der Waals surface area contributed by atoms with Crippen molar-refractivity contribution in [1.29, 1.82) is 0 Å². The summed E-state index contributed by atoms with van der Waals surface area (Å²) in [7, 11) is -8.81. The Morgan fingerprint density at radius 1 is 0.980 bits per heavy atom. The second-order valence-electron chi connectivity index (χ2n) is 13.6. The van der Waals surface area contributed by atoms with Gasteiger partial charge in [-0.2, -0.15) is 16.8 Å². The molecule has 2 heterocycles. The van der Waals surface area contributed by atoms with Crippen LogP contribution in [0, 0.1) is 0 Å². The van der Waals surface area contributed by atoms with Gasteiger partial charge in [-0.05, 0) is 92.6 Å². The van der Waals surface area contributed by atoms with Crippen LogP contribution in [0.2, 0.25) is 0 Å². The fourth-order valence-corrected chi connectivity index (χ4v) is 7.50. The Kier molecular flexibility index (Phi) is 11.7. The summed E-state index contributed by atoms with van der Waals surface area (Å²) >= 11 is 0. The molecule has 0 saturated heterocycles. The van der Waals surface area contributed by atoms with E-state index in [4.69, 9.17) is 4.42 Å². The van der Waals surface area contributed by atoms with E-state index < -0.39 is 37.4 Å². The zero-order valence-corrected chi connectivity index (χ0v) is 31.0. The van der Waals surface area contributed by atoms with E-state index in [2.05, 4.69) is 57.4 Å². The smallest absolute Gasteiger partial charge is 0.303 e. The van der Waals surface area contributed by atoms with Crippen LogP contribution in [0.15, 0.2) is 81.8 Å². The van der Waals surface area contributed by atoms with Gasteiger partial charge >= 0.3 is 5.97 Å². The summed E-state index contributed by atoms with van der Waals surface area (Å²) in [5.74, 6) is -0.114. The van der Waals surface area contributed by atoms with E-state index >= 15 is 0 Å². The quantitative estimate of drug-likeness (QED) is 0.106. The highest BCUT2D eigenvalue weighted by atomic mass is 32.2. The summed E-state index contributed by atoms with van der Waals surface area (Å²) in [6.07, 6.45) is 8.90. The molecule has 0 radical (unpaired) electrons. The maximum absolute atomic E-state index is 12.0. The third-order valence-corrected chi connectivity index (χ3v) is 10.7. The lowest BCUT2D eigenvalue weighted by Crippen LogP contribution is -2.30. The lowest BCUT2D eigenvalue weighted by Gasteiger charge is -2.30. The van der Waals surface area contributed by atoms with Crippen LogP contribution in [-0.2, 0) is 35.9 Å². The SMILES string of the molecule is CC[N+](CC)=c1ccc2c(C(C)(C)C)cc(/C=C/C=C/C=C3/N(CCCS(=O)(=O)O)c4ccc(S(=O)(=O)O)cc4C3(C)CCC(=O)O)oc-2c1. The number of nitrogens with zero attached hydrogens (tertiary/aromatic N) is 2. The Bertz CT molecular complexity index is 2100. The number of carboxylic acids is 1. The molecule has 4 rings (SSSR count). The van der Waals surface area contributed by atoms with E-state index in [1.165, 1.54) is 18.2 Å². The molecule has 1 aliphatic carbocycles. The van der Waals surface area contributed by atoms with E-state index in [0.29, 0.717) is 22.7 Å². The number of fused-ring (bicyclic) bond motifs is 2. The van der Waals surface area contributed by atoms with Crippen LogP contribution in [0.1, 0.15) is 77.7 Å². The summed E-state index contributed by atoms with van der Waals surface area (Å²) < 4.78 is 74.8. The third kappa shape index (κ3) is 9.00. The molecule has 13 heteroatoms. The van der Waals surface area contributed by atoms with Crippen LogP contribution < -0.4 is 14.8 Å². The number of rotatable bonds is 13. The van der Waals surface area contributed by atoms with Crippen molar-refractivity contribution in [1.82, 2.24) is 4.58 Å². The van der Waals surface area contributed by atoms with Crippen LogP contribution in [0.25, 0.3) is 17.4 Å². The minimum absolute atomic E-state index is 0.0455. The van der Waals surface area contributed by atoms with Crippen molar-refractivity contribution in [2.45, 2.75) is 76.5 Å². The Labute approximate surface area is 294 Å². The number of carbonyl (C=O) groups is 1. The van der Waals surface area contributed by atoms with Crippen molar-refractivity contribution in [3.05, 3.63) is 94.7 Å². The standard InChI is InChI=1S/C37H46N2O9S2/c1-7-38(8-2)26-15-17-29-30(36(3,4)5)24-27(48-33(29)23-26)13-10-9-11-14-34-37(6,20-19-35(40)41)31-25-28(50(45,46)47)16-18-32(31)39(34)21-12-22-49(42,43)44/h9-11,13-18,23-25H,7-8,12,19-22H2,1-6H3,(H2-,40,41,42,43,44,45,46,47)/p+1. The Morgan fingerprint density at radius 2 is 1.68 bits per heavy atom. The largest absolute Gasteiger partial charge is 0.481 e. The summed E-state index contributed by atoms with van der Waals surface area (Å²) in [6, 6.07) is 12.4. The Hall–Kier alpha value is -4.04. The molecule has 2 aliphatic heterocycles. The molecule has 0 amide bonds. The topological polar surface area (TPSA) is 165 Å². The lowest BCUT2D eigenvalue weighted by atomic mass is 9.77. The van der Waals surface area contributed by atoms with Gasteiger partial charge in [0.15, 0.2) is 0 Å². The Morgan fingerprint density at radius 3 is 2.28 bits per heavy atom. The molecule has 0 fully saturated rings. The van der Waals surface area contributed by atoms with Crippen molar-refractivity contribution in [3.8, 4) is 11.3 Å². The number of aliphatic carboxylic acids is 1. The van der Waals surface area contributed by atoms with Crippen molar-refractivity contribution in [2.24, 2.45) is 0 Å². The van der Waals surface area contributed by atoms with Crippen molar-refractivity contribution in [3.63, 3.8) is 0 Å². The first-order valence-electron chi connectivity index (χ1n) is 16.6. The van der Waals surface area contributed by atoms with Gasteiger partial charge in [0, 0.05) is 41.4 Å². The molecule has 1 unspecified atom stereocenters.